The van der Waals surface area contributed by atoms with Gasteiger partial charge in [-0.3, -0.25) is 5.01 Å². The molecule has 3 unspecified atom stereocenters. The van der Waals surface area contributed by atoms with Crippen molar-refractivity contribution in [1.29, 1.82) is 0 Å². The molecule has 0 bridgehead atoms. The van der Waals surface area contributed by atoms with Crippen LogP contribution in [0.1, 0.15) is 71.1 Å². The highest BCUT2D eigenvalue weighted by Crippen LogP contribution is 2.39. The van der Waals surface area contributed by atoms with Crippen LogP contribution in [0.4, 0.5) is 10.5 Å². The van der Waals surface area contributed by atoms with E-state index in [-0.39, 0.29) is 18.2 Å². The molecule has 4 heterocycles. The molecule has 2 fully saturated rings. The molecule has 1 aromatic heterocycles. The number of carbonyl (C=O) groups excluding carboxylic acids is 1. The lowest BCUT2D eigenvalue weighted by molar-refractivity contribution is -0.0780. The summed E-state index contributed by atoms with van der Waals surface area (Å²) >= 11 is 0. The number of phenolic OH excluding ortho intramolecular Hbond substituents is 1. The first-order valence-electron chi connectivity index (χ1n) is 14.4. The number of amides is 1. The van der Waals surface area contributed by atoms with Crippen molar-refractivity contribution in [1.82, 2.24) is 20.2 Å². The zero-order valence-electron chi connectivity index (χ0n) is 23.8. The van der Waals surface area contributed by atoms with Crippen molar-refractivity contribution in [2.75, 3.05) is 18.1 Å². The number of hydrogen-bond donors (Lipinski definition) is 2. The van der Waals surface area contributed by atoms with Crippen molar-refractivity contribution in [2.24, 2.45) is 4.99 Å². The Bertz CT molecular complexity index is 1400. The number of fused-ring (bicyclic) bond motifs is 1. The molecular formula is C30H38N6O5. The molecule has 0 radical (unpaired) electrons. The molecule has 1 amide bonds. The molecule has 3 aromatic rings. The van der Waals surface area contributed by atoms with Gasteiger partial charge in [-0.25, -0.2) is 19.4 Å². The lowest BCUT2D eigenvalue weighted by atomic mass is 10.1. The van der Waals surface area contributed by atoms with E-state index in [2.05, 4.69) is 10.5 Å². The van der Waals surface area contributed by atoms with Crippen LogP contribution in [0, 0.1) is 0 Å². The minimum Gasteiger partial charge on any atom is -0.508 e. The molecule has 11 nitrogen and oxygen atoms in total. The van der Waals surface area contributed by atoms with Gasteiger partial charge in [-0.15, -0.1) is 0 Å². The summed E-state index contributed by atoms with van der Waals surface area (Å²) < 4.78 is 19.9. The summed E-state index contributed by atoms with van der Waals surface area (Å²) in [5.41, 5.74) is 4.84. The average Bonchev–Trinajstić information content (AvgIpc) is 3.59. The molecule has 3 atom stereocenters. The maximum Gasteiger partial charge on any atom is 0.418 e. The van der Waals surface area contributed by atoms with Crippen molar-refractivity contribution in [3.8, 4) is 5.75 Å². The number of rotatable bonds is 5. The number of aromatic hydroxyl groups is 1. The maximum atomic E-state index is 14.1. The van der Waals surface area contributed by atoms with E-state index in [4.69, 9.17) is 19.2 Å². The number of aromatic nitrogens is 2. The number of phenols is 1. The largest absolute Gasteiger partial charge is 0.508 e. The minimum absolute atomic E-state index is 0.109. The molecule has 0 aliphatic carbocycles. The van der Waals surface area contributed by atoms with Crippen LogP contribution in [0.15, 0.2) is 53.7 Å². The summed E-state index contributed by atoms with van der Waals surface area (Å²) in [6, 6.07) is 12.4. The third kappa shape index (κ3) is 5.49. The van der Waals surface area contributed by atoms with E-state index in [1.54, 1.807) is 36.8 Å². The second-order valence-electron chi connectivity index (χ2n) is 11.8. The Morgan fingerprint density at radius 1 is 1.05 bits per heavy atom. The first kappa shape index (κ1) is 27.5. The Balaban J connectivity index is 1.45. The normalized spacial score (nSPS) is 25.0. The Morgan fingerprint density at radius 3 is 2.41 bits per heavy atom. The predicted octanol–water partition coefficient (Wildman–Crippen LogP) is 5.37. The topological polar surface area (TPSA) is 114 Å². The maximum absolute atomic E-state index is 14.1. The highest BCUT2D eigenvalue weighted by molar-refractivity contribution is 5.94. The molecule has 6 rings (SSSR count). The van der Waals surface area contributed by atoms with Gasteiger partial charge in [0, 0.05) is 24.2 Å². The fraction of sp³-hybridized carbons (Fsp3) is 0.500. The van der Waals surface area contributed by atoms with E-state index in [9.17, 15) is 9.90 Å². The molecule has 3 aliphatic rings. The van der Waals surface area contributed by atoms with Gasteiger partial charge in [-0.05, 0) is 102 Å². The van der Waals surface area contributed by atoms with Crippen LogP contribution >= 0.6 is 0 Å². The lowest BCUT2D eigenvalue weighted by Gasteiger charge is -2.41. The molecule has 2 aromatic carbocycles. The number of anilines is 1. The summed E-state index contributed by atoms with van der Waals surface area (Å²) in [7, 11) is 0. The number of hydrogen-bond acceptors (Lipinski definition) is 9. The van der Waals surface area contributed by atoms with Crippen LogP contribution in [0.2, 0.25) is 0 Å². The van der Waals surface area contributed by atoms with Crippen LogP contribution in [0.25, 0.3) is 10.9 Å². The van der Waals surface area contributed by atoms with Crippen molar-refractivity contribution in [3.63, 3.8) is 0 Å². The second-order valence-corrected chi connectivity index (χ2v) is 11.8. The quantitative estimate of drug-likeness (QED) is 0.427. The van der Waals surface area contributed by atoms with Crippen LogP contribution < -0.4 is 10.3 Å². The van der Waals surface area contributed by atoms with E-state index < -0.39 is 17.5 Å². The van der Waals surface area contributed by atoms with E-state index in [0.29, 0.717) is 17.9 Å². The Kier molecular flexibility index (Phi) is 7.35. The first-order valence-corrected chi connectivity index (χ1v) is 14.4. The smallest absolute Gasteiger partial charge is 0.418 e. The SMILES string of the molecule is CC(C)(C)OC(=O)N(c1ccc2c(cnn2C2CCCCO2)c1)C1(c2ccc(O)cc2)N=CN(C2CCCCO2)N1. The Labute approximate surface area is 239 Å². The van der Waals surface area contributed by atoms with Gasteiger partial charge >= 0.3 is 6.09 Å². The second kappa shape index (κ2) is 11.0. The highest BCUT2D eigenvalue weighted by Gasteiger charge is 2.49. The van der Waals surface area contributed by atoms with E-state index in [0.717, 1.165) is 56.0 Å². The van der Waals surface area contributed by atoms with E-state index in [1.807, 2.05) is 48.7 Å². The molecule has 0 saturated carbocycles. The summed E-state index contributed by atoms with van der Waals surface area (Å²) in [6.07, 6.45) is 8.47. The lowest BCUT2D eigenvalue weighted by Crippen LogP contribution is -2.61. The number of nitrogens with one attached hydrogen (secondary N) is 1. The van der Waals surface area contributed by atoms with Crippen LogP contribution in [0.5, 0.6) is 5.75 Å². The number of aliphatic imine (C=N–C) groups is 1. The van der Waals surface area contributed by atoms with E-state index in [1.165, 1.54) is 4.90 Å². The number of nitrogens with zero attached hydrogens (tertiary/aromatic N) is 5. The van der Waals surface area contributed by atoms with Gasteiger partial charge in [0.05, 0.1) is 17.4 Å². The van der Waals surface area contributed by atoms with Gasteiger partial charge in [0.2, 0.25) is 5.79 Å². The third-order valence-electron chi connectivity index (χ3n) is 7.56. The first-order chi connectivity index (χ1) is 19.7. The summed E-state index contributed by atoms with van der Waals surface area (Å²) in [5.74, 6) is -1.30. The summed E-state index contributed by atoms with van der Waals surface area (Å²) in [4.78, 5) is 20.6. The fourth-order valence-corrected chi connectivity index (χ4v) is 5.60. The Morgan fingerprint density at radius 2 is 1.76 bits per heavy atom. The molecule has 41 heavy (non-hydrogen) atoms. The molecule has 218 valence electrons. The van der Waals surface area contributed by atoms with E-state index >= 15 is 0 Å². The van der Waals surface area contributed by atoms with Crippen LogP contribution in [0.3, 0.4) is 0 Å². The van der Waals surface area contributed by atoms with Gasteiger partial charge in [0.15, 0.2) is 6.23 Å². The number of benzene rings is 2. The summed E-state index contributed by atoms with van der Waals surface area (Å²) in [6.45, 7) is 6.88. The Hall–Kier alpha value is -3.67. The molecule has 0 spiro atoms. The zero-order valence-corrected chi connectivity index (χ0v) is 23.8. The van der Waals surface area contributed by atoms with Crippen LogP contribution in [-0.4, -0.2) is 57.4 Å². The molecular weight excluding hydrogens is 524 g/mol. The van der Waals surface area contributed by atoms with Crippen molar-refractivity contribution in [3.05, 3.63) is 54.2 Å². The zero-order chi connectivity index (χ0) is 28.6. The minimum atomic E-state index is -1.41. The number of ether oxygens (including phenoxy) is 3. The monoisotopic (exact) mass is 562 g/mol. The van der Waals surface area contributed by atoms with Crippen molar-refractivity contribution in [2.45, 2.75) is 83.1 Å². The predicted molar refractivity (Wildman–Crippen MR) is 154 cm³/mol. The van der Waals surface area contributed by atoms with Gasteiger partial charge in [0.1, 0.15) is 23.9 Å². The average molecular weight is 563 g/mol. The molecule has 2 N–H and O–H groups in total. The molecule has 11 heteroatoms. The van der Waals surface area contributed by atoms with Crippen LogP contribution in [-0.2, 0) is 20.0 Å². The standard InChI is InChI=1S/C30H38N6O5/c1-29(2,3)41-28(38)35(23-12-15-25-21(18-23)19-32-36(25)27-9-5-7-17-40-27)30(22-10-13-24(37)14-11-22)31-20-34(33-30)26-8-4-6-16-39-26/h10-15,18-20,26-27,33,37H,4-9,16-17H2,1-3H3. The van der Waals surface area contributed by atoms with Crippen molar-refractivity contribution < 1.29 is 24.1 Å². The molecule has 2 saturated heterocycles. The third-order valence-corrected chi connectivity index (χ3v) is 7.56. The fourth-order valence-electron chi connectivity index (χ4n) is 5.60. The highest BCUT2D eigenvalue weighted by atomic mass is 16.6. The van der Waals surface area contributed by atoms with Gasteiger partial charge < -0.3 is 19.3 Å². The van der Waals surface area contributed by atoms with Crippen molar-refractivity contribution >= 4 is 29.0 Å². The summed E-state index contributed by atoms with van der Waals surface area (Å²) in [5, 5.41) is 17.4. The number of hydrazine groups is 1. The van der Waals surface area contributed by atoms with Gasteiger partial charge in [-0.2, -0.15) is 10.5 Å². The molecule has 3 aliphatic heterocycles. The van der Waals surface area contributed by atoms with Gasteiger partial charge in [-0.1, -0.05) is 0 Å². The van der Waals surface area contributed by atoms with Gasteiger partial charge in [0.25, 0.3) is 0 Å². The number of carbonyl (C=O) groups is 1.